The molecule has 2 aromatic carbocycles. The van der Waals surface area contributed by atoms with Crippen molar-refractivity contribution in [2.24, 2.45) is 0 Å². The predicted molar refractivity (Wildman–Crippen MR) is 123 cm³/mol. The van der Waals surface area contributed by atoms with Gasteiger partial charge in [0.1, 0.15) is 5.82 Å². The van der Waals surface area contributed by atoms with E-state index in [1.807, 2.05) is 42.2 Å². The summed E-state index contributed by atoms with van der Waals surface area (Å²) in [6.07, 6.45) is 1.62. The van der Waals surface area contributed by atoms with E-state index < -0.39 is 0 Å². The highest BCUT2D eigenvalue weighted by molar-refractivity contribution is 7.09. The second-order valence-corrected chi connectivity index (χ2v) is 8.51. The average molecular weight is 442 g/mol. The van der Waals surface area contributed by atoms with Gasteiger partial charge in [0.15, 0.2) is 0 Å². The standard InChI is InChI=1S/C22H24ClN5OS/c1-16-8-9-18(15-19(16)23)24-21(29)27-10-5-11-28(13-12-27)22-25-20(26-30-22)14-17-6-3-2-4-7-17/h2-4,6-9,15H,5,10-14H2,1H3,(H,24,29). The Hall–Kier alpha value is -2.64. The molecule has 2 heterocycles. The summed E-state index contributed by atoms with van der Waals surface area (Å²) in [5.74, 6) is 0.844. The van der Waals surface area contributed by atoms with Gasteiger partial charge in [-0.2, -0.15) is 4.37 Å². The first-order chi connectivity index (χ1) is 14.6. The SMILES string of the molecule is Cc1ccc(NC(=O)N2CCCN(c3nc(Cc4ccccc4)ns3)CC2)cc1Cl. The van der Waals surface area contributed by atoms with Gasteiger partial charge in [0.25, 0.3) is 0 Å². The van der Waals surface area contributed by atoms with Crippen LogP contribution in [0.5, 0.6) is 0 Å². The maximum atomic E-state index is 12.7. The van der Waals surface area contributed by atoms with Gasteiger partial charge in [-0.05, 0) is 36.6 Å². The molecule has 0 unspecified atom stereocenters. The van der Waals surface area contributed by atoms with Gasteiger partial charge >= 0.3 is 6.03 Å². The van der Waals surface area contributed by atoms with Crippen LogP contribution in [-0.4, -0.2) is 46.5 Å². The van der Waals surface area contributed by atoms with Crippen LogP contribution in [0.3, 0.4) is 0 Å². The number of aromatic nitrogens is 2. The van der Waals surface area contributed by atoms with Gasteiger partial charge in [0.05, 0.1) is 0 Å². The molecule has 0 saturated carbocycles. The maximum absolute atomic E-state index is 12.7. The lowest BCUT2D eigenvalue weighted by Gasteiger charge is -2.22. The highest BCUT2D eigenvalue weighted by Gasteiger charge is 2.21. The second kappa shape index (κ2) is 9.45. The van der Waals surface area contributed by atoms with Crippen molar-refractivity contribution in [2.75, 3.05) is 36.4 Å². The zero-order chi connectivity index (χ0) is 20.9. The molecular formula is C22H24ClN5OS. The number of aryl methyl sites for hydroxylation is 1. The third-order valence-electron chi connectivity index (χ3n) is 5.14. The van der Waals surface area contributed by atoms with Crippen LogP contribution in [0.2, 0.25) is 5.02 Å². The number of carbonyl (C=O) groups excluding carboxylic acids is 1. The fraction of sp³-hybridized carbons (Fsp3) is 0.318. The van der Waals surface area contributed by atoms with Gasteiger partial charge in [0, 0.05) is 54.8 Å². The number of nitrogens with zero attached hydrogens (tertiary/aromatic N) is 4. The monoisotopic (exact) mass is 441 g/mol. The predicted octanol–water partition coefficient (Wildman–Crippen LogP) is 4.83. The molecule has 1 aliphatic heterocycles. The van der Waals surface area contributed by atoms with Crippen LogP contribution in [0.25, 0.3) is 0 Å². The molecule has 1 saturated heterocycles. The highest BCUT2D eigenvalue weighted by atomic mass is 35.5. The van der Waals surface area contributed by atoms with Crippen LogP contribution in [0.1, 0.15) is 23.4 Å². The molecule has 0 aliphatic carbocycles. The van der Waals surface area contributed by atoms with Crippen LogP contribution in [0.15, 0.2) is 48.5 Å². The van der Waals surface area contributed by atoms with E-state index in [-0.39, 0.29) is 6.03 Å². The fourth-order valence-electron chi connectivity index (χ4n) is 3.41. The number of amides is 2. The molecule has 3 aromatic rings. The van der Waals surface area contributed by atoms with Crippen molar-refractivity contribution < 1.29 is 4.79 Å². The summed E-state index contributed by atoms with van der Waals surface area (Å²) in [4.78, 5) is 21.5. The summed E-state index contributed by atoms with van der Waals surface area (Å²) < 4.78 is 4.53. The van der Waals surface area contributed by atoms with E-state index in [2.05, 4.69) is 26.7 Å². The number of nitrogens with one attached hydrogen (secondary N) is 1. The Balaban J connectivity index is 1.34. The number of carbonyl (C=O) groups is 1. The van der Waals surface area contributed by atoms with E-state index in [1.54, 1.807) is 6.07 Å². The van der Waals surface area contributed by atoms with Crippen molar-refractivity contribution in [3.63, 3.8) is 0 Å². The first-order valence-electron chi connectivity index (χ1n) is 10.0. The van der Waals surface area contributed by atoms with Gasteiger partial charge in [-0.1, -0.05) is 48.0 Å². The van der Waals surface area contributed by atoms with Crippen LogP contribution in [0.4, 0.5) is 15.6 Å². The summed E-state index contributed by atoms with van der Waals surface area (Å²) in [5, 5.41) is 4.53. The lowest BCUT2D eigenvalue weighted by molar-refractivity contribution is 0.215. The van der Waals surface area contributed by atoms with Gasteiger partial charge in [-0.3, -0.25) is 0 Å². The number of hydrogen-bond donors (Lipinski definition) is 1. The number of hydrogen-bond acceptors (Lipinski definition) is 5. The summed E-state index contributed by atoms with van der Waals surface area (Å²) in [6.45, 7) is 4.88. The van der Waals surface area contributed by atoms with E-state index in [9.17, 15) is 4.79 Å². The largest absolute Gasteiger partial charge is 0.345 e. The first-order valence-corrected chi connectivity index (χ1v) is 11.2. The van der Waals surface area contributed by atoms with Crippen LogP contribution >= 0.6 is 23.1 Å². The summed E-state index contributed by atoms with van der Waals surface area (Å²) in [7, 11) is 0. The van der Waals surface area contributed by atoms with Crippen molar-refractivity contribution in [1.82, 2.24) is 14.3 Å². The molecule has 8 heteroatoms. The lowest BCUT2D eigenvalue weighted by Crippen LogP contribution is -2.38. The highest BCUT2D eigenvalue weighted by Crippen LogP contribution is 2.22. The molecule has 30 heavy (non-hydrogen) atoms. The van der Waals surface area contributed by atoms with E-state index in [1.165, 1.54) is 17.1 Å². The van der Waals surface area contributed by atoms with Crippen molar-refractivity contribution in [1.29, 1.82) is 0 Å². The van der Waals surface area contributed by atoms with Crippen LogP contribution < -0.4 is 10.2 Å². The molecule has 0 spiro atoms. The number of anilines is 2. The van der Waals surface area contributed by atoms with Crippen LogP contribution in [0, 0.1) is 6.92 Å². The van der Waals surface area contributed by atoms with Gasteiger partial charge in [-0.15, -0.1) is 0 Å². The Kier molecular flexibility index (Phi) is 6.50. The minimum Gasteiger partial charge on any atom is -0.345 e. The molecule has 0 atom stereocenters. The number of benzene rings is 2. The Labute approximate surface area is 185 Å². The lowest BCUT2D eigenvalue weighted by atomic mass is 10.1. The van der Waals surface area contributed by atoms with E-state index in [0.29, 0.717) is 23.8 Å². The van der Waals surface area contributed by atoms with Crippen molar-refractivity contribution in [3.8, 4) is 0 Å². The van der Waals surface area contributed by atoms with Crippen molar-refractivity contribution in [2.45, 2.75) is 19.8 Å². The Bertz CT molecular complexity index is 1010. The summed E-state index contributed by atoms with van der Waals surface area (Å²) in [6, 6.07) is 15.7. The molecule has 0 radical (unpaired) electrons. The number of rotatable bonds is 4. The normalized spacial score (nSPS) is 14.5. The van der Waals surface area contributed by atoms with Crippen LogP contribution in [-0.2, 0) is 6.42 Å². The van der Waals surface area contributed by atoms with E-state index in [4.69, 9.17) is 16.6 Å². The molecule has 1 aromatic heterocycles. The summed E-state index contributed by atoms with van der Waals surface area (Å²) in [5.41, 5.74) is 2.91. The molecule has 156 valence electrons. The fourth-order valence-corrected chi connectivity index (χ4v) is 4.33. The minimum absolute atomic E-state index is 0.0983. The van der Waals surface area contributed by atoms with Gasteiger partial charge in [-0.25, -0.2) is 9.78 Å². The number of urea groups is 1. The Morgan fingerprint density at radius 3 is 2.77 bits per heavy atom. The quantitative estimate of drug-likeness (QED) is 0.629. The van der Waals surface area contributed by atoms with E-state index in [0.717, 1.165) is 42.5 Å². The van der Waals surface area contributed by atoms with E-state index >= 15 is 0 Å². The third-order valence-corrected chi connectivity index (χ3v) is 6.36. The molecule has 1 N–H and O–H groups in total. The maximum Gasteiger partial charge on any atom is 0.321 e. The number of halogens is 1. The molecule has 6 nitrogen and oxygen atoms in total. The van der Waals surface area contributed by atoms with Gasteiger partial charge in [0.2, 0.25) is 5.13 Å². The first kappa shape index (κ1) is 20.6. The summed E-state index contributed by atoms with van der Waals surface area (Å²) >= 11 is 7.60. The smallest absolute Gasteiger partial charge is 0.321 e. The zero-order valence-corrected chi connectivity index (χ0v) is 18.4. The molecule has 0 bridgehead atoms. The molecular weight excluding hydrogens is 418 g/mol. The van der Waals surface area contributed by atoms with Crippen molar-refractivity contribution >= 4 is 40.0 Å². The van der Waals surface area contributed by atoms with Crippen molar-refractivity contribution in [3.05, 3.63) is 70.5 Å². The third kappa shape index (κ3) is 5.09. The second-order valence-electron chi connectivity index (χ2n) is 7.38. The van der Waals surface area contributed by atoms with Gasteiger partial charge < -0.3 is 15.1 Å². The molecule has 4 rings (SSSR count). The zero-order valence-electron chi connectivity index (χ0n) is 16.8. The molecule has 2 amide bonds. The molecule has 1 aliphatic rings. The minimum atomic E-state index is -0.0983. The topological polar surface area (TPSA) is 61.4 Å². The Morgan fingerprint density at radius 1 is 1.13 bits per heavy atom. The molecule has 1 fully saturated rings. The average Bonchev–Trinajstić information content (AvgIpc) is 3.06. The Morgan fingerprint density at radius 2 is 1.97 bits per heavy atom.